The minimum absolute atomic E-state index is 0.595. The van der Waals surface area contributed by atoms with Gasteiger partial charge < -0.3 is 5.73 Å². The first-order chi connectivity index (χ1) is 7.18. The molecule has 0 unspecified atom stereocenters. The predicted molar refractivity (Wildman–Crippen MR) is 59.3 cm³/mol. The van der Waals surface area contributed by atoms with E-state index < -0.39 is 0 Å². The zero-order chi connectivity index (χ0) is 10.8. The number of nitrogens with zero attached hydrogens (tertiary/aromatic N) is 5. The Morgan fingerprint density at radius 1 is 1.47 bits per heavy atom. The normalized spacial score (nSPS) is 10.5. The number of tetrazole rings is 1. The van der Waals surface area contributed by atoms with Crippen molar-refractivity contribution >= 4 is 33.4 Å². The van der Waals surface area contributed by atoms with Gasteiger partial charge in [-0.25, -0.2) is 4.68 Å². The lowest BCUT2D eigenvalue weighted by molar-refractivity contribution is 0.664. The molecule has 2 aromatic rings. The van der Waals surface area contributed by atoms with Gasteiger partial charge in [-0.3, -0.25) is 4.98 Å². The third-order valence-corrected chi connectivity index (χ3v) is 3.71. The van der Waals surface area contributed by atoms with Crippen molar-refractivity contribution < 1.29 is 0 Å². The van der Waals surface area contributed by atoms with Gasteiger partial charge in [0.1, 0.15) is 0 Å². The minimum atomic E-state index is 0.595. The summed E-state index contributed by atoms with van der Waals surface area (Å²) in [5, 5.41) is 11.8. The topological polar surface area (TPSA) is 82.5 Å². The van der Waals surface area contributed by atoms with Crippen molar-refractivity contribution in [1.29, 1.82) is 0 Å². The van der Waals surface area contributed by atoms with E-state index in [-0.39, 0.29) is 0 Å². The average Bonchev–Trinajstić information content (AvgIpc) is 2.58. The van der Waals surface area contributed by atoms with Gasteiger partial charge in [0.2, 0.25) is 5.16 Å². The van der Waals surface area contributed by atoms with Crippen LogP contribution in [0.1, 0.15) is 0 Å². The largest absolute Gasteiger partial charge is 0.397 e. The van der Waals surface area contributed by atoms with E-state index in [1.165, 1.54) is 11.8 Å². The second-order valence-electron chi connectivity index (χ2n) is 2.73. The molecule has 0 saturated carbocycles. The van der Waals surface area contributed by atoms with Gasteiger partial charge in [-0.15, -0.1) is 5.10 Å². The fraction of sp³-hybridized carbons (Fsp3) is 0.143. The first-order valence-corrected chi connectivity index (χ1v) is 5.58. The lowest BCUT2D eigenvalue weighted by Crippen LogP contribution is -1.95. The van der Waals surface area contributed by atoms with Crippen LogP contribution in [0.5, 0.6) is 0 Å². The molecule has 0 aliphatic carbocycles. The zero-order valence-electron chi connectivity index (χ0n) is 7.75. The number of aryl methyl sites for hydroxylation is 1. The van der Waals surface area contributed by atoms with Crippen LogP contribution in [0.25, 0.3) is 0 Å². The summed E-state index contributed by atoms with van der Waals surface area (Å²) in [4.78, 5) is 4.82. The molecule has 2 rings (SSSR count). The maximum absolute atomic E-state index is 5.80. The lowest BCUT2D eigenvalue weighted by Gasteiger charge is -2.04. The predicted octanol–water partition coefficient (Wildman–Crippen LogP) is 1.10. The molecule has 0 aromatic carbocycles. The minimum Gasteiger partial charge on any atom is -0.397 e. The number of aromatic nitrogens is 5. The van der Waals surface area contributed by atoms with Gasteiger partial charge in [-0.2, -0.15) is 0 Å². The summed E-state index contributed by atoms with van der Waals surface area (Å²) in [6, 6.07) is 0. The van der Waals surface area contributed by atoms with Crippen molar-refractivity contribution in [3.8, 4) is 0 Å². The van der Waals surface area contributed by atoms with Gasteiger partial charge in [0.15, 0.2) is 0 Å². The highest BCUT2D eigenvalue weighted by Crippen LogP contribution is 2.35. The van der Waals surface area contributed by atoms with Crippen LogP contribution in [0.3, 0.4) is 0 Å². The Morgan fingerprint density at radius 3 is 2.87 bits per heavy atom. The van der Waals surface area contributed by atoms with Crippen LogP contribution < -0.4 is 5.73 Å². The van der Waals surface area contributed by atoms with E-state index in [2.05, 4.69) is 36.4 Å². The summed E-state index contributed by atoms with van der Waals surface area (Å²) < 4.78 is 2.41. The first kappa shape index (κ1) is 10.4. The molecule has 0 atom stereocenters. The average molecular weight is 287 g/mol. The molecule has 2 aromatic heterocycles. The zero-order valence-corrected chi connectivity index (χ0v) is 10.2. The van der Waals surface area contributed by atoms with Crippen molar-refractivity contribution in [2.24, 2.45) is 7.05 Å². The molecule has 0 bridgehead atoms. The van der Waals surface area contributed by atoms with Crippen molar-refractivity contribution in [3.05, 3.63) is 16.9 Å². The smallest absolute Gasteiger partial charge is 0.213 e. The van der Waals surface area contributed by atoms with Crippen molar-refractivity contribution in [2.45, 2.75) is 10.1 Å². The molecule has 78 valence electrons. The van der Waals surface area contributed by atoms with Crippen molar-refractivity contribution in [2.75, 3.05) is 5.73 Å². The second kappa shape index (κ2) is 4.15. The molecule has 0 amide bonds. The monoisotopic (exact) mass is 286 g/mol. The number of hydrogen-bond donors (Lipinski definition) is 1. The third kappa shape index (κ3) is 2.10. The van der Waals surface area contributed by atoms with Gasteiger partial charge in [-0.1, -0.05) is 0 Å². The maximum Gasteiger partial charge on any atom is 0.213 e. The van der Waals surface area contributed by atoms with Crippen LogP contribution in [0.4, 0.5) is 5.69 Å². The van der Waals surface area contributed by atoms with E-state index >= 15 is 0 Å². The molecule has 0 saturated heterocycles. The molecular formula is C7H7BrN6S. The number of halogens is 1. The number of hydrogen-bond acceptors (Lipinski definition) is 6. The summed E-state index contributed by atoms with van der Waals surface area (Å²) in [5.41, 5.74) is 6.39. The van der Waals surface area contributed by atoms with E-state index in [4.69, 9.17) is 5.73 Å². The van der Waals surface area contributed by atoms with Crippen LogP contribution in [0.15, 0.2) is 26.9 Å². The summed E-state index contributed by atoms with van der Waals surface area (Å²) >= 11 is 4.77. The van der Waals surface area contributed by atoms with Crippen LogP contribution in [0, 0.1) is 0 Å². The summed E-state index contributed by atoms with van der Waals surface area (Å²) in [7, 11) is 1.77. The molecule has 0 aliphatic rings. The standard InChI is InChI=1S/C7H7BrN6S/c1-14-7(11-12-13-14)15-6-4(8)2-10-3-5(6)9/h2-3H,9H2,1H3. The quantitative estimate of drug-likeness (QED) is 0.890. The Balaban J connectivity index is 2.36. The van der Waals surface area contributed by atoms with Gasteiger partial charge in [0.25, 0.3) is 0 Å². The number of anilines is 1. The van der Waals surface area contributed by atoms with E-state index in [9.17, 15) is 0 Å². The van der Waals surface area contributed by atoms with Gasteiger partial charge in [0.05, 0.1) is 21.3 Å². The second-order valence-corrected chi connectivity index (χ2v) is 4.56. The van der Waals surface area contributed by atoms with Crippen LogP contribution in [-0.4, -0.2) is 25.2 Å². The number of pyridine rings is 1. The first-order valence-electron chi connectivity index (χ1n) is 3.97. The van der Waals surface area contributed by atoms with Crippen molar-refractivity contribution in [1.82, 2.24) is 25.2 Å². The highest BCUT2D eigenvalue weighted by Gasteiger charge is 2.11. The Kier molecular flexibility index (Phi) is 2.87. The van der Waals surface area contributed by atoms with Gasteiger partial charge in [-0.05, 0) is 38.1 Å². The molecule has 0 spiro atoms. The molecule has 8 heteroatoms. The lowest BCUT2D eigenvalue weighted by atomic mass is 10.4. The molecule has 15 heavy (non-hydrogen) atoms. The summed E-state index contributed by atoms with van der Waals surface area (Å²) in [5.74, 6) is 0. The number of nitrogens with two attached hydrogens (primary N) is 1. The fourth-order valence-corrected chi connectivity index (χ4v) is 2.28. The van der Waals surface area contributed by atoms with E-state index in [1.807, 2.05) is 0 Å². The van der Waals surface area contributed by atoms with E-state index in [0.29, 0.717) is 10.8 Å². The fourth-order valence-electron chi connectivity index (χ4n) is 0.945. The highest BCUT2D eigenvalue weighted by molar-refractivity contribution is 9.10. The SMILES string of the molecule is Cn1nnnc1Sc1c(N)cncc1Br. The van der Waals surface area contributed by atoms with E-state index in [0.717, 1.165) is 9.37 Å². The van der Waals surface area contributed by atoms with Crippen LogP contribution in [-0.2, 0) is 7.05 Å². The molecule has 2 N–H and O–H groups in total. The van der Waals surface area contributed by atoms with Gasteiger partial charge in [0, 0.05) is 13.2 Å². The molecular weight excluding hydrogens is 280 g/mol. The Bertz CT molecular complexity index is 464. The van der Waals surface area contributed by atoms with Crippen LogP contribution >= 0.6 is 27.7 Å². The molecule has 0 aliphatic heterocycles. The van der Waals surface area contributed by atoms with Crippen molar-refractivity contribution in [3.63, 3.8) is 0 Å². The molecule has 0 radical (unpaired) electrons. The van der Waals surface area contributed by atoms with E-state index in [1.54, 1.807) is 24.1 Å². The van der Waals surface area contributed by atoms with Crippen LogP contribution in [0.2, 0.25) is 0 Å². The molecule has 6 nitrogen and oxygen atoms in total. The third-order valence-electron chi connectivity index (χ3n) is 1.66. The Hall–Kier alpha value is -1.15. The molecule has 0 fully saturated rings. The Morgan fingerprint density at radius 2 is 2.27 bits per heavy atom. The summed E-state index contributed by atoms with van der Waals surface area (Å²) in [6.07, 6.45) is 3.28. The Labute approximate surface area is 98.4 Å². The molecule has 2 heterocycles. The maximum atomic E-state index is 5.80. The summed E-state index contributed by atoms with van der Waals surface area (Å²) in [6.45, 7) is 0. The number of rotatable bonds is 2. The van der Waals surface area contributed by atoms with Gasteiger partial charge >= 0.3 is 0 Å². The number of nitrogen functional groups attached to an aromatic ring is 1. The highest BCUT2D eigenvalue weighted by atomic mass is 79.9.